The van der Waals surface area contributed by atoms with Crippen LogP contribution < -0.4 is 21.5 Å². The number of nitrogens with one attached hydrogen (secondary N) is 4. The molecule has 1 aromatic heterocycles. The van der Waals surface area contributed by atoms with Crippen LogP contribution in [0.2, 0.25) is 0 Å². The lowest BCUT2D eigenvalue weighted by Crippen LogP contribution is -2.48. The summed E-state index contributed by atoms with van der Waals surface area (Å²) in [6, 6.07) is 9.89. The monoisotopic (exact) mass is 404 g/mol. The van der Waals surface area contributed by atoms with E-state index in [1.54, 1.807) is 41.8 Å². The van der Waals surface area contributed by atoms with E-state index < -0.39 is 5.91 Å². The van der Waals surface area contributed by atoms with E-state index in [9.17, 15) is 14.4 Å². The van der Waals surface area contributed by atoms with Crippen molar-refractivity contribution in [3.63, 3.8) is 0 Å². The topological polar surface area (TPSA) is 99.3 Å². The molecule has 1 aromatic carbocycles. The molecule has 7 nitrogen and oxygen atoms in total. The Bertz CT molecular complexity index is 805. The van der Waals surface area contributed by atoms with Crippen LogP contribution in [0.5, 0.6) is 0 Å². The van der Waals surface area contributed by atoms with Gasteiger partial charge in [-0.15, -0.1) is 11.3 Å². The lowest BCUT2D eigenvalue weighted by atomic mass is 10.2. The predicted molar refractivity (Wildman–Crippen MR) is 110 cm³/mol. The number of rotatable bonds is 6. The van der Waals surface area contributed by atoms with Crippen molar-refractivity contribution in [3.05, 3.63) is 52.2 Å². The Morgan fingerprint density at radius 3 is 2.41 bits per heavy atom. The van der Waals surface area contributed by atoms with Crippen LogP contribution >= 0.6 is 23.6 Å². The van der Waals surface area contributed by atoms with Gasteiger partial charge < -0.3 is 5.32 Å². The van der Waals surface area contributed by atoms with Crippen LogP contribution in [0.3, 0.4) is 0 Å². The molecule has 3 amide bonds. The van der Waals surface area contributed by atoms with Gasteiger partial charge in [-0.2, -0.15) is 0 Å². The van der Waals surface area contributed by atoms with Crippen LogP contribution in [-0.2, 0) is 4.79 Å². The molecule has 0 aliphatic rings. The first kappa shape index (κ1) is 20.5. The molecule has 9 heteroatoms. The highest BCUT2D eigenvalue weighted by Crippen LogP contribution is 2.10. The van der Waals surface area contributed by atoms with Crippen LogP contribution in [0, 0.1) is 0 Å². The Hall–Kier alpha value is -2.78. The number of thiophene rings is 1. The molecule has 0 saturated carbocycles. The molecule has 0 aliphatic carbocycles. The van der Waals surface area contributed by atoms with Crippen LogP contribution in [0.25, 0.3) is 0 Å². The molecular weight excluding hydrogens is 384 g/mol. The molecule has 0 spiro atoms. The lowest BCUT2D eigenvalue weighted by Gasteiger charge is -2.11. The molecule has 27 heavy (non-hydrogen) atoms. The second kappa shape index (κ2) is 10.4. The highest BCUT2D eigenvalue weighted by Gasteiger charge is 2.10. The largest absolute Gasteiger partial charge is 0.326 e. The molecule has 1 heterocycles. The first-order valence-corrected chi connectivity index (χ1v) is 9.63. The summed E-state index contributed by atoms with van der Waals surface area (Å²) < 4.78 is 0. The third kappa shape index (κ3) is 6.80. The Labute approximate surface area is 166 Å². The Morgan fingerprint density at radius 2 is 1.78 bits per heavy atom. The minimum Gasteiger partial charge on any atom is -0.326 e. The number of hydrogen-bond acceptors (Lipinski definition) is 5. The maximum absolute atomic E-state index is 12.1. The second-order valence-corrected chi connectivity index (χ2v) is 6.92. The molecule has 0 radical (unpaired) electrons. The fourth-order valence-electron chi connectivity index (χ4n) is 2.06. The summed E-state index contributed by atoms with van der Waals surface area (Å²) in [6.07, 6.45) is 2.26. The van der Waals surface area contributed by atoms with Crippen LogP contribution in [0.4, 0.5) is 5.69 Å². The normalized spacial score (nSPS) is 9.96. The van der Waals surface area contributed by atoms with Gasteiger partial charge in [-0.1, -0.05) is 19.4 Å². The molecule has 0 bridgehead atoms. The van der Waals surface area contributed by atoms with Crippen molar-refractivity contribution in [1.29, 1.82) is 0 Å². The highest BCUT2D eigenvalue weighted by atomic mass is 32.1. The van der Waals surface area contributed by atoms with Crippen molar-refractivity contribution in [1.82, 2.24) is 16.2 Å². The van der Waals surface area contributed by atoms with Crippen LogP contribution in [0.15, 0.2) is 41.8 Å². The third-order valence-corrected chi connectivity index (χ3v) is 4.52. The van der Waals surface area contributed by atoms with Gasteiger partial charge in [-0.3, -0.25) is 30.6 Å². The van der Waals surface area contributed by atoms with Crippen molar-refractivity contribution in [3.8, 4) is 0 Å². The Balaban J connectivity index is 1.79. The average molecular weight is 405 g/mol. The zero-order valence-electron chi connectivity index (χ0n) is 14.7. The SMILES string of the molecule is CCCCC(=O)Nc1ccc(C(=O)NNC(=S)NC(=O)c2cccs2)cc1. The van der Waals surface area contributed by atoms with Crippen molar-refractivity contribution < 1.29 is 14.4 Å². The quantitative estimate of drug-likeness (QED) is 0.438. The maximum Gasteiger partial charge on any atom is 0.269 e. The summed E-state index contributed by atoms with van der Waals surface area (Å²) in [5, 5.41) is 7.01. The number of hydrazine groups is 1. The van der Waals surface area contributed by atoms with Gasteiger partial charge >= 0.3 is 0 Å². The average Bonchev–Trinajstić information content (AvgIpc) is 3.20. The van der Waals surface area contributed by atoms with E-state index in [-0.39, 0.29) is 16.9 Å². The summed E-state index contributed by atoms with van der Waals surface area (Å²) in [7, 11) is 0. The van der Waals surface area contributed by atoms with Crippen molar-refractivity contribution in [2.45, 2.75) is 26.2 Å². The zero-order chi connectivity index (χ0) is 19.6. The number of benzene rings is 1. The first-order valence-electron chi connectivity index (χ1n) is 8.34. The molecular formula is C18H20N4O3S2. The number of amides is 3. The van der Waals surface area contributed by atoms with Gasteiger partial charge in [0.25, 0.3) is 11.8 Å². The molecule has 4 N–H and O–H groups in total. The Morgan fingerprint density at radius 1 is 1.04 bits per heavy atom. The second-order valence-electron chi connectivity index (χ2n) is 5.57. The van der Waals surface area contributed by atoms with Gasteiger partial charge in [0, 0.05) is 17.7 Å². The van der Waals surface area contributed by atoms with Gasteiger partial charge in [-0.25, -0.2) is 0 Å². The number of hydrogen-bond donors (Lipinski definition) is 4. The Kier molecular flexibility index (Phi) is 7.90. The highest BCUT2D eigenvalue weighted by molar-refractivity contribution is 7.80. The van der Waals surface area contributed by atoms with Crippen molar-refractivity contribution in [2.24, 2.45) is 0 Å². The van der Waals surface area contributed by atoms with Gasteiger partial charge in [0.05, 0.1) is 4.88 Å². The van der Waals surface area contributed by atoms with E-state index in [1.165, 1.54) is 11.3 Å². The fraction of sp³-hybridized carbons (Fsp3) is 0.222. The standard InChI is InChI=1S/C18H20N4O3S2/c1-2-3-6-15(23)19-13-9-7-12(8-10-13)16(24)21-22-18(26)20-17(25)14-5-4-11-27-14/h4-5,7-11H,2-3,6H2,1H3,(H,19,23)(H,21,24)(H2,20,22,25,26). The minimum absolute atomic E-state index is 0.0124. The first-order chi connectivity index (χ1) is 13.0. The van der Waals surface area contributed by atoms with Crippen molar-refractivity contribution >= 4 is 52.1 Å². The molecule has 2 rings (SSSR count). The summed E-state index contributed by atoms with van der Waals surface area (Å²) >= 11 is 6.26. The number of thiocarbonyl (C=S) groups is 1. The summed E-state index contributed by atoms with van der Waals surface area (Å²) in [6.45, 7) is 2.02. The zero-order valence-corrected chi connectivity index (χ0v) is 16.3. The third-order valence-electron chi connectivity index (χ3n) is 3.45. The molecule has 2 aromatic rings. The molecule has 0 aliphatic heterocycles. The fourth-order valence-corrected chi connectivity index (χ4v) is 2.82. The van der Waals surface area contributed by atoms with Gasteiger partial charge in [0.2, 0.25) is 5.91 Å². The summed E-state index contributed by atoms with van der Waals surface area (Å²) in [5.41, 5.74) is 5.89. The number of anilines is 1. The van der Waals surface area contributed by atoms with E-state index in [2.05, 4.69) is 21.5 Å². The van der Waals surface area contributed by atoms with Crippen molar-refractivity contribution in [2.75, 3.05) is 5.32 Å². The molecule has 0 fully saturated rings. The predicted octanol–water partition coefficient (Wildman–Crippen LogP) is 2.83. The molecule has 0 atom stereocenters. The van der Waals surface area contributed by atoms with Crippen LogP contribution in [-0.4, -0.2) is 22.8 Å². The van der Waals surface area contributed by atoms with Gasteiger partial charge in [-0.05, 0) is 54.4 Å². The van der Waals surface area contributed by atoms with Crippen LogP contribution in [0.1, 0.15) is 46.2 Å². The molecule has 0 saturated heterocycles. The van der Waals surface area contributed by atoms with Gasteiger partial charge in [0.15, 0.2) is 5.11 Å². The molecule has 142 valence electrons. The van der Waals surface area contributed by atoms with E-state index in [0.29, 0.717) is 22.5 Å². The smallest absolute Gasteiger partial charge is 0.269 e. The van der Waals surface area contributed by atoms with E-state index in [1.807, 2.05) is 6.92 Å². The van der Waals surface area contributed by atoms with E-state index in [4.69, 9.17) is 12.2 Å². The summed E-state index contributed by atoms with van der Waals surface area (Å²) in [5.74, 6) is -0.825. The minimum atomic E-state index is -0.424. The maximum atomic E-state index is 12.1. The van der Waals surface area contributed by atoms with Gasteiger partial charge in [0.1, 0.15) is 0 Å². The molecule has 0 unspecified atom stereocenters. The van der Waals surface area contributed by atoms with E-state index >= 15 is 0 Å². The van der Waals surface area contributed by atoms with E-state index in [0.717, 1.165) is 12.8 Å². The number of unbranched alkanes of at least 4 members (excludes halogenated alkanes) is 1. The summed E-state index contributed by atoms with van der Waals surface area (Å²) in [4.78, 5) is 36.2. The number of carbonyl (C=O) groups is 3. The number of carbonyl (C=O) groups excluding carboxylic acids is 3. The lowest BCUT2D eigenvalue weighted by molar-refractivity contribution is -0.116.